The summed E-state index contributed by atoms with van der Waals surface area (Å²) >= 11 is 3.36. The maximum Gasteiger partial charge on any atom is 0.258 e. The van der Waals surface area contributed by atoms with E-state index >= 15 is 0 Å². The number of aryl methyl sites for hydroxylation is 2. The van der Waals surface area contributed by atoms with Crippen LogP contribution in [0.15, 0.2) is 40.9 Å². The summed E-state index contributed by atoms with van der Waals surface area (Å²) in [6.45, 7) is 3.96. The zero-order valence-electron chi connectivity index (χ0n) is 11.8. The maximum atomic E-state index is 12.6. The van der Waals surface area contributed by atoms with E-state index in [2.05, 4.69) is 15.9 Å². The Morgan fingerprint density at radius 3 is 2.45 bits per heavy atom. The highest BCUT2D eigenvalue weighted by molar-refractivity contribution is 9.10. The normalized spacial score (nSPS) is 10.4. The van der Waals surface area contributed by atoms with Gasteiger partial charge < -0.3 is 10.6 Å². The fraction of sp³-hybridized carbons (Fsp3) is 0.188. The van der Waals surface area contributed by atoms with Crippen LogP contribution in [0.5, 0.6) is 0 Å². The maximum absolute atomic E-state index is 12.6. The minimum Gasteiger partial charge on any atom is -0.397 e. The molecule has 4 heteroatoms. The minimum absolute atomic E-state index is 0.0588. The lowest BCUT2D eigenvalue weighted by molar-refractivity contribution is 0.0992. The van der Waals surface area contributed by atoms with Crippen LogP contribution in [0.4, 0.5) is 11.4 Å². The van der Waals surface area contributed by atoms with Crippen LogP contribution in [0, 0.1) is 13.8 Å². The molecule has 0 fully saturated rings. The zero-order chi connectivity index (χ0) is 14.9. The van der Waals surface area contributed by atoms with Crippen LogP contribution >= 0.6 is 15.9 Å². The molecule has 104 valence electrons. The standard InChI is InChI=1S/C16H17BrN2O/c1-10-4-6-13(11(2)8-10)16(20)19(3)15-7-5-12(17)9-14(15)18/h4-9H,18H2,1-3H3. The van der Waals surface area contributed by atoms with Crippen LogP contribution in [0.25, 0.3) is 0 Å². The summed E-state index contributed by atoms with van der Waals surface area (Å²) in [5, 5.41) is 0. The smallest absolute Gasteiger partial charge is 0.258 e. The number of nitrogens with zero attached hydrogens (tertiary/aromatic N) is 1. The Labute approximate surface area is 127 Å². The Morgan fingerprint density at radius 1 is 1.15 bits per heavy atom. The number of nitrogen functional groups attached to an aromatic ring is 1. The number of hydrogen-bond acceptors (Lipinski definition) is 2. The lowest BCUT2D eigenvalue weighted by Gasteiger charge is -2.20. The molecule has 1 amide bonds. The highest BCUT2D eigenvalue weighted by Crippen LogP contribution is 2.27. The first-order chi connectivity index (χ1) is 9.40. The third-order valence-electron chi connectivity index (χ3n) is 3.27. The van der Waals surface area contributed by atoms with Crippen molar-refractivity contribution in [2.24, 2.45) is 0 Å². The Bertz CT molecular complexity index is 668. The van der Waals surface area contributed by atoms with Gasteiger partial charge in [0.1, 0.15) is 0 Å². The summed E-state index contributed by atoms with van der Waals surface area (Å²) in [5.74, 6) is -0.0588. The van der Waals surface area contributed by atoms with E-state index in [9.17, 15) is 4.79 Å². The number of halogens is 1. The molecule has 0 bridgehead atoms. The number of benzene rings is 2. The third kappa shape index (κ3) is 2.85. The van der Waals surface area contributed by atoms with Gasteiger partial charge in [0.2, 0.25) is 0 Å². The number of carbonyl (C=O) groups is 1. The second kappa shape index (κ2) is 5.67. The van der Waals surface area contributed by atoms with Gasteiger partial charge in [-0.25, -0.2) is 0 Å². The number of hydrogen-bond donors (Lipinski definition) is 1. The molecule has 2 N–H and O–H groups in total. The molecule has 0 saturated heterocycles. The van der Waals surface area contributed by atoms with E-state index in [-0.39, 0.29) is 5.91 Å². The number of amides is 1. The Hall–Kier alpha value is -1.81. The van der Waals surface area contributed by atoms with Crippen molar-refractivity contribution < 1.29 is 4.79 Å². The number of carbonyl (C=O) groups excluding carboxylic acids is 1. The molecule has 0 atom stereocenters. The van der Waals surface area contributed by atoms with Crippen molar-refractivity contribution in [1.29, 1.82) is 0 Å². The van der Waals surface area contributed by atoms with Crippen LogP contribution in [0.1, 0.15) is 21.5 Å². The zero-order valence-corrected chi connectivity index (χ0v) is 13.4. The second-order valence-electron chi connectivity index (χ2n) is 4.89. The van der Waals surface area contributed by atoms with Gasteiger partial charge in [-0.1, -0.05) is 33.6 Å². The molecular weight excluding hydrogens is 316 g/mol. The lowest BCUT2D eigenvalue weighted by Crippen LogP contribution is -2.27. The van der Waals surface area contributed by atoms with Crippen molar-refractivity contribution in [2.45, 2.75) is 13.8 Å². The van der Waals surface area contributed by atoms with Crippen molar-refractivity contribution in [3.8, 4) is 0 Å². The molecule has 0 aliphatic heterocycles. The van der Waals surface area contributed by atoms with E-state index in [4.69, 9.17) is 5.73 Å². The molecule has 0 radical (unpaired) electrons. The van der Waals surface area contributed by atoms with Crippen molar-refractivity contribution >= 4 is 33.2 Å². The van der Waals surface area contributed by atoms with Crippen LogP contribution < -0.4 is 10.6 Å². The summed E-state index contributed by atoms with van der Waals surface area (Å²) in [6, 6.07) is 11.3. The second-order valence-corrected chi connectivity index (χ2v) is 5.80. The molecule has 0 saturated carbocycles. The van der Waals surface area contributed by atoms with Gasteiger partial charge in [0.05, 0.1) is 11.4 Å². The number of anilines is 2. The predicted octanol–water partition coefficient (Wildman–Crippen LogP) is 3.92. The quantitative estimate of drug-likeness (QED) is 0.847. The number of nitrogens with two attached hydrogens (primary N) is 1. The summed E-state index contributed by atoms with van der Waals surface area (Å²) in [7, 11) is 1.74. The fourth-order valence-corrected chi connectivity index (χ4v) is 2.55. The topological polar surface area (TPSA) is 46.3 Å². The fourth-order valence-electron chi connectivity index (χ4n) is 2.17. The van der Waals surface area contributed by atoms with Gasteiger partial charge in [0.25, 0.3) is 5.91 Å². The molecule has 2 aromatic carbocycles. The van der Waals surface area contributed by atoms with E-state index in [1.54, 1.807) is 18.0 Å². The Balaban J connectivity index is 2.37. The van der Waals surface area contributed by atoms with E-state index in [1.165, 1.54) is 0 Å². The molecule has 0 spiro atoms. The lowest BCUT2D eigenvalue weighted by atomic mass is 10.0. The molecule has 0 unspecified atom stereocenters. The van der Waals surface area contributed by atoms with Gasteiger partial charge in [0, 0.05) is 17.1 Å². The van der Waals surface area contributed by atoms with Crippen molar-refractivity contribution in [3.63, 3.8) is 0 Å². The van der Waals surface area contributed by atoms with Gasteiger partial charge in [-0.05, 0) is 43.7 Å². The molecule has 2 aromatic rings. The number of rotatable bonds is 2. The Morgan fingerprint density at radius 2 is 1.85 bits per heavy atom. The molecule has 20 heavy (non-hydrogen) atoms. The molecular formula is C16H17BrN2O. The van der Waals surface area contributed by atoms with E-state index in [0.717, 1.165) is 15.6 Å². The first-order valence-electron chi connectivity index (χ1n) is 6.30. The molecule has 3 nitrogen and oxygen atoms in total. The summed E-state index contributed by atoms with van der Waals surface area (Å²) in [6.07, 6.45) is 0. The van der Waals surface area contributed by atoms with Gasteiger partial charge in [-0.3, -0.25) is 4.79 Å². The van der Waals surface area contributed by atoms with Gasteiger partial charge in [0.15, 0.2) is 0 Å². The highest BCUT2D eigenvalue weighted by atomic mass is 79.9. The van der Waals surface area contributed by atoms with Gasteiger partial charge >= 0.3 is 0 Å². The molecule has 0 aliphatic carbocycles. The van der Waals surface area contributed by atoms with Crippen molar-refractivity contribution in [3.05, 3.63) is 57.6 Å². The first kappa shape index (κ1) is 14.6. The average Bonchev–Trinajstić information content (AvgIpc) is 2.37. The van der Waals surface area contributed by atoms with Crippen LogP contribution in [-0.4, -0.2) is 13.0 Å². The van der Waals surface area contributed by atoms with Gasteiger partial charge in [-0.2, -0.15) is 0 Å². The summed E-state index contributed by atoms with van der Waals surface area (Å²) in [4.78, 5) is 14.2. The van der Waals surface area contributed by atoms with E-state index in [1.807, 2.05) is 44.2 Å². The monoisotopic (exact) mass is 332 g/mol. The van der Waals surface area contributed by atoms with Crippen molar-refractivity contribution in [1.82, 2.24) is 0 Å². The summed E-state index contributed by atoms with van der Waals surface area (Å²) < 4.78 is 0.895. The first-order valence-corrected chi connectivity index (χ1v) is 7.10. The van der Waals surface area contributed by atoms with E-state index < -0.39 is 0 Å². The van der Waals surface area contributed by atoms with Gasteiger partial charge in [-0.15, -0.1) is 0 Å². The average molecular weight is 333 g/mol. The molecule has 0 aliphatic rings. The van der Waals surface area contributed by atoms with E-state index in [0.29, 0.717) is 16.9 Å². The van der Waals surface area contributed by atoms with Crippen LogP contribution in [0.3, 0.4) is 0 Å². The minimum atomic E-state index is -0.0588. The molecule has 0 heterocycles. The molecule has 2 rings (SSSR count). The third-order valence-corrected chi connectivity index (χ3v) is 3.76. The van der Waals surface area contributed by atoms with Crippen molar-refractivity contribution in [2.75, 3.05) is 17.7 Å². The van der Waals surface area contributed by atoms with Crippen LogP contribution in [0.2, 0.25) is 0 Å². The Kier molecular flexibility index (Phi) is 4.14. The highest BCUT2D eigenvalue weighted by Gasteiger charge is 2.17. The SMILES string of the molecule is Cc1ccc(C(=O)N(C)c2ccc(Br)cc2N)c(C)c1. The predicted molar refractivity (Wildman–Crippen MR) is 87.2 cm³/mol. The largest absolute Gasteiger partial charge is 0.397 e. The summed E-state index contributed by atoms with van der Waals surface area (Å²) in [5.41, 5.74) is 10.1. The van der Waals surface area contributed by atoms with Crippen LogP contribution in [-0.2, 0) is 0 Å². The molecule has 0 aromatic heterocycles.